The van der Waals surface area contributed by atoms with Gasteiger partial charge in [0.05, 0.1) is 41.3 Å². The molecular weight excluding hydrogens is 614 g/mol. The smallest absolute Gasteiger partial charge is 0.325 e. The Hall–Kier alpha value is -4.91. The molecular formula is C31H24ClF4N7O2. The molecule has 14 heteroatoms. The summed E-state index contributed by atoms with van der Waals surface area (Å²) in [5.74, 6) is -1.07. The normalized spacial score (nSPS) is 17.2. The molecule has 4 heterocycles. The van der Waals surface area contributed by atoms with Gasteiger partial charge in [0.1, 0.15) is 5.82 Å². The number of pyridine rings is 1. The second kappa shape index (κ2) is 11.9. The lowest BCUT2D eigenvalue weighted by Gasteiger charge is -2.23. The fraction of sp³-hybridized carbons (Fsp3) is 0.226. The van der Waals surface area contributed by atoms with Gasteiger partial charge in [0, 0.05) is 34.3 Å². The van der Waals surface area contributed by atoms with Crippen LogP contribution in [0, 0.1) is 11.7 Å². The molecule has 230 valence electrons. The summed E-state index contributed by atoms with van der Waals surface area (Å²) in [7, 11) is 0. The van der Waals surface area contributed by atoms with E-state index < -0.39 is 29.3 Å². The number of anilines is 1. The maximum Gasteiger partial charge on any atom is 0.436 e. The largest absolute Gasteiger partial charge is 0.436 e. The SMILES string of the molecule is CC1CCCC(n2cnc(-c3cc(Cl)ccc3-n3cc(C(F)(F)F)nn3)cc2=O)c2ccnc(c2)-c2cc(F)ccc2NC1=O. The number of fused-ring (bicyclic) bond motifs is 4. The van der Waals surface area contributed by atoms with Crippen LogP contribution in [-0.4, -0.2) is 35.4 Å². The van der Waals surface area contributed by atoms with Crippen molar-refractivity contribution in [2.24, 2.45) is 5.92 Å². The molecule has 0 aliphatic carbocycles. The number of carbonyl (C=O) groups is 1. The van der Waals surface area contributed by atoms with Gasteiger partial charge in [-0.05, 0) is 66.9 Å². The van der Waals surface area contributed by atoms with E-state index in [2.05, 4.69) is 25.6 Å². The van der Waals surface area contributed by atoms with Crippen LogP contribution in [0.1, 0.15) is 43.5 Å². The van der Waals surface area contributed by atoms with Crippen molar-refractivity contribution in [3.05, 3.63) is 106 Å². The Morgan fingerprint density at radius 1 is 0.956 bits per heavy atom. The molecule has 45 heavy (non-hydrogen) atoms. The van der Waals surface area contributed by atoms with Crippen molar-refractivity contribution < 1.29 is 22.4 Å². The van der Waals surface area contributed by atoms with E-state index in [4.69, 9.17) is 11.6 Å². The van der Waals surface area contributed by atoms with Gasteiger partial charge in [0.2, 0.25) is 5.91 Å². The molecule has 9 nitrogen and oxygen atoms in total. The number of benzene rings is 2. The molecule has 2 atom stereocenters. The highest BCUT2D eigenvalue weighted by atomic mass is 35.5. The van der Waals surface area contributed by atoms with Gasteiger partial charge >= 0.3 is 6.18 Å². The number of halogens is 5. The quantitative estimate of drug-likeness (QED) is 0.220. The van der Waals surface area contributed by atoms with Crippen molar-refractivity contribution >= 4 is 23.2 Å². The number of carbonyl (C=O) groups excluding carboxylic acids is 1. The van der Waals surface area contributed by atoms with Crippen molar-refractivity contribution in [1.29, 1.82) is 0 Å². The Morgan fingerprint density at radius 2 is 1.76 bits per heavy atom. The van der Waals surface area contributed by atoms with Gasteiger partial charge in [-0.1, -0.05) is 30.2 Å². The van der Waals surface area contributed by atoms with Gasteiger partial charge in [-0.15, -0.1) is 5.10 Å². The summed E-state index contributed by atoms with van der Waals surface area (Å²) in [5, 5.41) is 9.98. The van der Waals surface area contributed by atoms with Gasteiger partial charge in [0.25, 0.3) is 5.56 Å². The second-order valence-electron chi connectivity index (χ2n) is 10.7. The molecule has 1 aliphatic rings. The summed E-state index contributed by atoms with van der Waals surface area (Å²) in [6.07, 6.45) is 0.563. The van der Waals surface area contributed by atoms with E-state index in [0.717, 1.165) is 16.4 Å². The molecule has 0 radical (unpaired) electrons. The summed E-state index contributed by atoms with van der Waals surface area (Å²) < 4.78 is 56.3. The molecule has 0 saturated heterocycles. The van der Waals surface area contributed by atoms with Crippen molar-refractivity contribution in [2.45, 2.75) is 38.4 Å². The van der Waals surface area contributed by atoms with Crippen molar-refractivity contribution in [1.82, 2.24) is 29.5 Å². The molecule has 3 aromatic heterocycles. The molecule has 2 unspecified atom stereocenters. The van der Waals surface area contributed by atoms with E-state index in [9.17, 15) is 27.2 Å². The maximum atomic E-state index is 14.3. The number of hydrogen-bond donors (Lipinski definition) is 1. The molecule has 1 N–H and O–H groups in total. The maximum absolute atomic E-state index is 14.3. The summed E-state index contributed by atoms with van der Waals surface area (Å²) in [6, 6.07) is 12.7. The van der Waals surface area contributed by atoms with Gasteiger partial charge < -0.3 is 5.32 Å². The second-order valence-corrected chi connectivity index (χ2v) is 11.2. The molecule has 5 aromatic rings. The Kier molecular flexibility index (Phi) is 7.96. The average molecular weight is 638 g/mol. The zero-order valence-electron chi connectivity index (χ0n) is 23.6. The van der Waals surface area contributed by atoms with E-state index in [-0.39, 0.29) is 33.8 Å². The molecule has 2 bridgehead atoms. The topological polar surface area (TPSA) is 108 Å². The highest BCUT2D eigenvalue weighted by Gasteiger charge is 2.35. The van der Waals surface area contributed by atoms with Crippen LogP contribution in [0.25, 0.3) is 28.2 Å². The fourth-order valence-electron chi connectivity index (χ4n) is 5.33. The summed E-state index contributed by atoms with van der Waals surface area (Å²) in [5.41, 5.74) is 0.958. The Balaban J connectivity index is 1.42. The third kappa shape index (κ3) is 6.21. The predicted molar refractivity (Wildman–Crippen MR) is 158 cm³/mol. The van der Waals surface area contributed by atoms with E-state index in [0.29, 0.717) is 36.2 Å². The van der Waals surface area contributed by atoms with Crippen LogP contribution in [0.2, 0.25) is 5.02 Å². The Labute approximate surface area is 258 Å². The van der Waals surface area contributed by atoms with E-state index in [1.165, 1.54) is 53.4 Å². The molecule has 0 saturated carbocycles. The van der Waals surface area contributed by atoms with E-state index >= 15 is 0 Å². The number of hydrogen-bond acceptors (Lipinski definition) is 6. The van der Waals surface area contributed by atoms with Gasteiger partial charge in [-0.25, -0.2) is 14.1 Å². The van der Waals surface area contributed by atoms with Crippen molar-refractivity contribution in [3.8, 4) is 28.2 Å². The van der Waals surface area contributed by atoms with Crippen LogP contribution < -0.4 is 10.9 Å². The molecule has 2 aromatic carbocycles. The van der Waals surface area contributed by atoms with Crippen LogP contribution in [0.5, 0.6) is 0 Å². The third-order valence-electron chi connectivity index (χ3n) is 7.68. The summed E-state index contributed by atoms with van der Waals surface area (Å²) in [6.45, 7) is 1.80. The fourth-order valence-corrected chi connectivity index (χ4v) is 5.50. The van der Waals surface area contributed by atoms with Crippen LogP contribution in [0.15, 0.2) is 78.1 Å². The lowest BCUT2D eigenvalue weighted by molar-refractivity contribution is -0.141. The first kappa shape index (κ1) is 30.1. The van der Waals surface area contributed by atoms with Crippen LogP contribution in [0.4, 0.5) is 23.2 Å². The Morgan fingerprint density at radius 3 is 2.51 bits per heavy atom. The number of rotatable bonds is 3. The minimum Gasteiger partial charge on any atom is -0.325 e. The van der Waals surface area contributed by atoms with Gasteiger partial charge in [-0.2, -0.15) is 13.2 Å². The van der Waals surface area contributed by atoms with Gasteiger partial charge in [-0.3, -0.25) is 19.1 Å². The number of aromatic nitrogens is 6. The zero-order chi connectivity index (χ0) is 31.9. The first-order chi connectivity index (χ1) is 21.5. The van der Waals surface area contributed by atoms with E-state index in [1.54, 1.807) is 25.3 Å². The molecule has 1 aliphatic heterocycles. The highest BCUT2D eigenvalue weighted by Crippen LogP contribution is 2.34. The monoisotopic (exact) mass is 637 g/mol. The van der Waals surface area contributed by atoms with Crippen LogP contribution >= 0.6 is 11.6 Å². The number of nitrogens with zero attached hydrogens (tertiary/aromatic N) is 6. The first-order valence-corrected chi connectivity index (χ1v) is 14.3. The zero-order valence-corrected chi connectivity index (χ0v) is 24.3. The third-order valence-corrected chi connectivity index (χ3v) is 7.92. The first-order valence-electron chi connectivity index (χ1n) is 13.9. The lowest BCUT2D eigenvalue weighted by Crippen LogP contribution is -2.26. The minimum atomic E-state index is -4.69. The van der Waals surface area contributed by atoms with Gasteiger partial charge in [0.15, 0.2) is 5.69 Å². The molecule has 6 rings (SSSR count). The van der Waals surface area contributed by atoms with E-state index in [1.807, 2.05) is 0 Å². The number of nitrogens with one attached hydrogen (secondary N) is 1. The summed E-state index contributed by atoms with van der Waals surface area (Å²) in [4.78, 5) is 35.5. The molecule has 0 spiro atoms. The van der Waals surface area contributed by atoms with Crippen LogP contribution in [0.3, 0.4) is 0 Å². The average Bonchev–Trinajstić information content (AvgIpc) is 3.51. The Bertz CT molecular complexity index is 1970. The van der Waals surface area contributed by atoms with Crippen molar-refractivity contribution in [2.75, 3.05) is 5.32 Å². The van der Waals surface area contributed by atoms with Crippen molar-refractivity contribution in [3.63, 3.8) is 0 Å². The predicted octanol–water partition coefficient (Wildman–Crippen LogP) is 6.71. The standard InChI is InChI=1S/C31H24ClF4N7O2/c1-17-3-2-4-26(18-9-10-37-24(11-18)21-13-20(33)6-7-23(21)39-30(17)45)42-16-38-25(14-29(42)44)22-12-19(32)5-8-27(22)43-15-28(40-41-43)31(34,35)36/h5-17,26H,2-4H2,1H3,(H,39,45). The summed E-state index contributed by atoms with van der Waals surface area (Å²) >= 11 is 6.22. The molecule has 0 fully saturated rings. The minimum absolute atomic E-state index is 0.163. The van der Waals surface area contributed by atoms with Crippen LogP contribution in [-0.2, 0) is 11.0 Å². The number of amides is 1. The number of alkyl halides is 3. The highest BCUT2D eigenvalue weighted by molar-refractivity contribution is 6.31. The lowest BCUT2D eigenvalue weighted by atomic mass is 9.94. The molecule has 1 amide bonds.